The lowest BCUT2D eigenvalue weighted by atomic mass is 9.99. The number of carbonyl (C=O) groups excluding carboxylic acids is 1. The highest BCUT2D eigenvalue weighted by Gasteiger charge is 2.18. The molecule has 150 valence electrons. The molecule has 0 bridgehead atoms. The van der Waals surface area contributed by atoms with Gasteiger partial charge in [-0.05, 0) is 55.2 Å². The number of nitrogens with zero attached hydrogens (tertiary/aromatic N) is 2. The molecule has 0 aliphatic carbocycles. The Hall–Kier alpha value is -3.15. The molecule has 29 heavy (non-hydrogen) atoms. The molecule has 1 aromatic heterocycles. The molecule has 2 aromatic carbocycles. The summed E-state index contributed by atoms with van der Waals surface area (Å²) in [6.07, 6.45) is 2.33. The molecule has 1 fully saturated rings. The summed E-state index contributed by atoms with van der Waals surface area (Å²) in [6.45, 7) is 4.10. The average molecular weight is 393 g/mol. The molecule has 2 heterocycles. The van der Waals surface area contributed by atoms with E-state index in [1.165, 1.54) is 12.1 Å². The van der Waals surface area contributed by atoms with Crippen molar-refractivity contribution in [3.63, 3.8) is 0 Å². The molecule has 6 heteroatoms. The molecule has 0 saturated carbocycles. The lowest BCUT2D eigenvalue weighted by molar-refractivity contribution is -0.118. The summed E-state index contributed by atoms with van der Waals surface area (Å²) in [5.41, 5.74) is 1.14. The van der Waals surface area contributed by atoms with Gasteiger partial charge in [-0.1, -0.05) is 25.1 Å². The van der Waals surface area contributed by atoms with Crippen molar-refractivity contribution in [2.45, 2.75) is 19.8 Å². The molecule has 1 saturated heterocycles. The van der Waals surface area contributed by atoms with Gasteiger partial charge in [0.2, 0.25) is 0 Å². The van der Waals surface area contributed by atoms with Crippen LogP contribution in [-0.2, 0) is 4.79 Å². The highest BCUT2D eigenvalue weighted by atomic mass is 19.1. The topological polar surface area (TPSA) is 54.5 Å². The Bertz CT molecular complexity index is 1020. The zero-order valence-corrected chi connectivity index (χ0v) is 16.4. The highest BCUT2D eigenvalue weighted by Crippen LogP contribution is 2.28. The number of benzene rings is 2. The second-order valence-corrected chi connectivity index (χ2v) is 7.51. The predicted molar refractivity (Wildman–Crippen MR) is 113 cm³/mol. The van der Waals surface area contributed by atoms with Crippen LogP contribution in [0.1, 0.15) is 19.8 Å². The van der Waals surface area contributed by atoms with Crippen LogP contribution in [-0.4, -0.2) is 30.6 Å². The number of amides is 1. The normalized spacial score (nSPS) is 14.8. The Morgan fingerprint density at radius 1 is 1.17 bits per heavy atom. The number of pyridine rings is 1. The number of aromatic nitrogens is 1. The van der Waals surface area contributed by atoms with E-state index in [1.807, 2.05) is 30.3 Å². The first-order valence-electron chi connectivity index (χ1n) is 9.91. The van der Waals surface area contributed by atoms with E-state index in [1.54, 1.807) is 12.1 Å². The van der Waals surface area contributed by atoms with Gasteiger partial charge in [0.05, 0.1) is 0 Å². The van der Waals surface area contributed by atoms with Gasteiger partial charge in [0.1, 0.15) is 22.9 Å². The zero-order chi connectivity index (χ0) is 20.2. The Balaban J connectivity index is 1.48. The quantitative estimate of drug-likeness (QED) is 0.687. The molecule has 1 N–H and O–H groups in total. The van der Waals surface area contributed by atoms with Gasteiger partial charge in [0.25, 0.3) is 5.91 Å². The van der Waals surface area contributed by atoms with Gasteiger partial charge >= 0.3 is 0 Å². The Kier molecular flexibility index (Phi) is 5.60. The van der Waals surface area contributed by atoms with Gasteiger partial charge in [0.15, 0.2) is 6.61 Å². The standard InChI is InChI=1S/C23H24FN3O2/c1-16-10-12-27(13-11-16)21-9-8-17-4-2-7-20(23(17)26-21)29-15-22(28)25-19-6-3-5-18(24)14-19/h2-9,14,16H,10-13,15H2,1H3,(H,25,28). The summed E-state index contributed by atoms with van der Waals surface area (Å²) < 4.78 is 19.0. The summed E-state index contributed by atoms with van der Waals surface area (Å²) in [4.78, 5) is 19.3. The third-order valence-electron chi connectivity index (χ3n) is 5.24. The summed E-state index contributed by atoms with van der Waals surface area (Å²) >= 11 is 0. The Morgan fingerprint density at radius 2 is 1.97 bits per heavy atom. The van der Waals surface area contributed by atoms with Crippen LogP contribution in [0.4, 0.5) is 15.9 Å². The number of hydrogen-bond acceptors (Lipinski definition) is 4. The number of halogens is 1. The van der Waals surface area contributed by atoms with E-state index in [2.05, 4.69) is 17.1 Å². The first-order chi connectivity index (χ1) is 14.1. The third-order valence-corrected chi connectivity index (χ3v) is 5.24. The van der Waals surface area contributed by atoms with Crippen molar-refractivity contribution in [2.75, 3.05) is 29.9 Å². The summed E-state index contributed by atoms with van der Waals surface area (Å²) in [6, 6.07) is 15.5. The van der Waals surface area contributed by atoms with Gasteiger partial charge in [-0.3, -0.25) is 4.79 Å². The number of fused-ring (bicyclic) bond motifs is 1. The second-order valence-electron chi connectivity index (χ2n) is 7.51. The van der Waals surface area contributed by atoms with Crippen LogP contribution in [0.5, 0.6) is 5.75 Å². The largest absolute Gasteiger partial charge is 0.481 e. The van der Waals surface area contributed by atoms with E-state index in [4.69, 9.17) is 9.72 Å². The molecule has 5 nitrogen and oxygen atoms in total. The molecular weight excluding hydrogens is 369 g/mol. The third kappa shape index (κ3) is 4.65. The maximum Gasteiger partial charge on any atom is 0.262 e. The lowest BCUT2D eigenvalue weighted by Crippen LogP contribution is -2.33. The van der Waals surface area contributed by atoms with Crippen molar-refractivity contribution in [1.82, 2.24) is 4.98 Å². The number of piperidine rings is 1. The Morgan fingerprint density at radius 3 is 2.76 bits per heavy atom. The molecule has 1 aliphatic rings. The van der Waals surface area contributed by atoms with E-state index < -0.39 is 5.82 Å². The predicted octanol–water partition coefficient (Wildman–Crippen LogP) is 4.63. The fourth-order valence-corrected chi connectivity index (χ4v) is 3.55. The van der Waals surface area contributed by atoms with Crippen molar-refractivity contribution >= 4 is 28.3 Å². The number of para-hydroxylation sites is 1. The van der Waals surface area contributed by atoms with Gasteiger partial charge in [-0.2, -0.15) is 0 Å². The minimum Gasteiger partial charge on any atom is -0.481 e. The first kappa shape index (κ1) is 19.2. The van der Waals surface area contributed by atoms with Crippen LogP contribution in [0.3, 0.4) is 0 Å². The maximum atomic E-state index is 13.3. The van der Waals surface area contributed by atoms with Crippen LogP contribution in [0, 0.1) is 11.7 Å². The fourth-order valence-electron chi connectivity index (χ4n) is 3.55. The molecule has 4 rings (SSSR count). The van der Waals surface area contributed by atoms with Crippen molar-refractivity contribution < 1.29 is 13.9 Å². The number of anilines is 2. The summed E-state index contributed by atoms with van der Waals surface area (Å²) in [7, 11) is 0. The first-order valence-corrected chi connectivity index (χ1v) is 9.91. The molecule has 0 radical (unpaired) electrons. The SMILES string of the molecule is CC1CCN(c2ccc3cccc(OCC(=O)Nc4cccc(F)c4)c3n2)CC1. The van der Waals surface area contributed by atoms with Crippen LogP contribution >= 0.6 is 0 Å². The van der Waals surface area contributed by atoms with E-state index in [9.17, 15) is 9.18 Å². The van der Waals surface area contributed by atoms with Crippen molar-refractivity contribution in [1.29, 1.82) is 0 Å². The number of rotatable bonds is 5. The van der Waals surface area contributed by atoms with Gasteiger partial charge in [-0.25, -0.2) is 9.37 Å². The van der Waals surface area contributed by atoms with Gasteiger partial charge in [-0.15, -0.1) is 0 Å². The zero-order valence-electron chi connectivity index (χ0n) is 16.4. The number of hydrogen-bond donors (Lipinski definition) is 1. The second kappa shape index (κ2) is 8.47. The number of carbonyl (C=O) groups is 1. The molecule has 3 aromatic rings. The molecule has 0 unspecified atom stereocenters. The maximum absolute atomic E-state index is 13.3. The molecule has 1 amide bonds. The van der Waals surface area contributed by atoms with Crippen molar-refractivity contribution in [3.05, 3.63) is 60.4 Å². The monoisotopic (exact) mass is 393 g/mol. The minimum absolute atomic E-state index is 0.178. The lowest BCUT2D eigenvalue weighted by Gasteiger charge is -2.31. The van der Waals surface area contributed by atoms with Crippen LogP contribution in [0.15, 0.2) is 54.6 Å². The van der Waals surface area contributed by atoms with Crippen molar-refractivity contribution in [3.8, 4) is 5.75 Å². The van der Waals surface area contributed by atoms with Crippen LogP contribution in [0.2, 0.25) is 0 Å². The van der Waals surface area contributed by atoms with E-state index in [0.717, 1.165) is 48.6 Å². The molecule has 1 aliphatic heterocycles. The highest BCUT2D eigenvalue weighted by molar-refractivity contribution is 5.92. The Labute approximate surface area is 169 Å². The van der Waals surface area contributed by atoms with Crippen molar-refractivity contribution in [2.24, 2.45) is 5.92 Å². The number of nitrogens with one attached hydrogen (secondary N) is 1. The fraction of sp³-hybridized carbons (Fsp3) is 0.304. The summed E-state index contributed by atoms with van der Waals surface area (Å²) in [5.74, 6) is 1.49. The van der Waals surface area contributed by atoms with E-state index in [0.29, 0.717) is 11.4 Å². The van der Waals surface area contributed by atoms with E-state index in [-0.39, 0.29) is 12.5 Å². The summed E-state index contributed by atoms with van der Waals surface area (Å²) in [5, 5.41) is 3.60. The average Bonchev–Trinajstić information content (AvgIpc) is 2.72. The van der Waals surface area contributed by atoms with Crippen LogP contribution in [0.25, 0.3) is 10.9 Å². The van der Waals surface area contributed by atoms with Gasteiger partial charge < -0.3 is 15.0 Å². The molecule has 0 atom stereocenters. The minimum atomic E-state index is -0.401. The van der Waals surface area contributed by atoms with Crippen LogP contribution < -0.4 is 15.0 Å². The molecule has 0 spiro atoms. The van der Waals surface area contributed by atoms with E-state index >= 15 is 0 Å². The number of ether oxygens (including phenoxy) is 1. The molecular formula is C23H24FN3O2. The smallest absolute Gasteiger partial charge is 0.262 e. The van der Waals surface area contributed by atoms with Gasteiger partial charge in [0, 0.05) is 24.2 Å².